The first-order chi connectivity index (χ1) is 9.92. The molecule has 0 heterocycles. The molecule has 120 valence electrons. The van der Waals surface area contributed by atoms with Crippen molar-refractivity contribution < 1.29 is 13.5 Å². The maximum absolute atomic E-state index is 12.8. The molecule has 5 nitrogen and oxygen atoms in total. The van der Waals surface area contributed by atoms with Gasteiger partial charge in [0, 0.05) is 19.1 Å². The Morgan fingerprint density at radius 1 is 1.29 bits per heavy atom. The number of rotatable bonds is 8. The van der Waals surface area contributed by atoms with Gasteiger partial charge in [-0.3, -0.25) is 0 Å². The Balaban J connectivity index is 3.25. The zero-order chi connectivity index (χ0) is 16.0. The fourth-order valence-electron chi connectivity index (χ4n) is 2.49. The predicted molar refractivity (Wildman–Crippen MR) is 84.4 cm³/mol. The highest BCUT2D eigenvalue weighted by molar-refractivity contribution is 7.89. The summed E-state index contributed by atoms with van der Waals surface area (Å²) in [5.74, 6) is 0. The SMILES string of the molecule is CCC(CC)N(CCO)S(=O)(=O)c1ccc(CN)c(C)c1. The lowest BCUT2D eigenvalue weighted by atomic mass is 10.1. The number of hydrogen-bond acceptors (Lipinski definition) is 4. The zero-order valence-electron chi connectivity index (χ0n) is 13.0. The third-order valence-corrected chi connectivity index (χ3v) is 5.76. The molecule has 21 heavy (non-hydrogen) atoms. The Bertz CT molecular complexity index is 554. The predicted octanol–water partition coefficient (Wildman–Crippen LogP) is 1.63. The maximum atomic E-state index is 12.8. The van der Waals surface area contributed by atoms with Crippen molar-refractivity contribution in [3.05, 3.63) is 29.3 Å². The van der Waals surface area contributed by atoms with Crippen LogP contribution in [0, 0.1) is 6.92 Å². The molecule has 0 spiro atoms. The zero-order valence-corrected chi connectivity index (χ0v) is 13.9. The lowest BCUT2D eigenvalue weighted by Crippen LogP contribution is -2.41. The molecule has 1 rings (SSSR count). The lowest BCUT2D eigenvalue weighted by molar-refractivity contribution is 0.219. The average Bonchev–Trinajstić information content (AvgIpc) is 2.47. The monoisotopic (exact) mass is 314 g/mol. The number of aliphatic hydroxyl groups excluding tert-OH is 1. The van der Waals surface area contributed by atoms with Gasteiger partial charge in [0.2, 0.25) is 10.0 Å². The number of sulfonamides is 1. The second-order valence-corrected chi connectivity index (χ2v) is 6.99. The van der Waals surface area contributed by atoms with Crippen LogP contribution in [0.5, 0.6) is 0 Å². The van der Waals surface area contributed by atoms with Gasteiger partial charge in [0.1, 0.15) is 0 Å². The molecule has 0 aliphatic heterocycles. The van der Waals surface area contributed by atoms with Gasteiger partial charge in [-0.2, -0.15) is 4.31 Å². The van der Waals surface area contributed by atoms with Crippen LogP contribution in [0.4, 0.5) is 0 Å². The molecule has 0 saturated heterocycles. The molecule has 0 atom stereocenters. The van der Waals surface area contributed by atoms with Gasteiger partial charge in [0.25, 0.3) is 0 Å². The van der Waals surface area contributed by atoms with Crippen LogP contribution in [-0.4, -0.2) is 37.0 Å². The minimum atomic E-state index is -3.60. The van der Waals surface area contributed by atoms with Crippen LogP contribution in [0.25, 0.3) is 0 Å². The topological polar surface area (TPSA) is 83.6 Å². The summed E-state index contributed by atoms with van der Waals surface area (Å²) in [5, 5.41) is 9.20. The highest BCUT2D eigenvalue weighted by Gasteiger charge is 2.29. The van der Waals surface area contributed by atoms with Crippen LogP contribution in [0.3, 0.4) is 0 Å². The summed E-state index contributed by atoms with van der Waals surface area (Å²) in [6.07, 6.45) is 1.44. The van der Waals surface area contributed by atoms with Crippen LogP contribution < -0.4 is 5.73 Å². The van der Waals surface area contributed by atoms with E-state index in [1.165, 1.54) is 4.31 Å². The molecular formula is C15H26N2O3S. The van der Waals surface area contributed by atoms with Gasteiger partial charge in [0.15, 0.2) is 0 Å². The first-order valence-corrected chi connectivity index (χ1v) is 8.78. The highest BCUT2D eigenvalue weighted by atomic mass is 32.2. The van der Waals surface area contributed by atoms with E-state index in [1.807, 2.05) is 20.8 Å². The van der Waals surface area contributed by atoms with E-state index in [0.29, 0.717) is 6.54 Å². The summed E-state index contributed by atoms with van der Waals surface area (Å²) in [6.45, 7) is 6.09. The van der Waals surface area contributed by atoms with E-state index in [-0.39, 0.29) is 24.1 Å². The Hall–Kier alpha value is -0.950. The molecule has 0 fully saturated rings. The number of aryl methyl sites for hydroxylation is 1. The molecule has 0 unspecified atom stereocenters. The van der Waals surface area contributed by atoms with Gasteiger partial charge in [-0.05, 0) is 43.0 Å². The molecule has 0 aliphatic carbocycles. The molecule has 0 amide bonds. The van der Waals surface area contributed by atoms with Crippen LogP contribution in [0.1, 0.15) is 37.8 Å². The number of nitrogens with zero attached hydrogens (tertiary/aromatic N) is 1. The van der Waals surface area contributed by atoms with Crippen LogP contribution >= 0.6 is 0 Å². The second kappa shape index (κ2) is 7.89. The van der Waals surface area contributed by atoms with E-state index < -0.39 is 10.0 Å². The molecule has 0 saturated carbocycles. The Morgan fingerprint density at radius 2 is 1.90 bits per heavy atom. The van der Waals surface area contributed by atoms with Gasteiger partial charge in [-0.1, -0.05) is 19.9 Å². The molecular weight excluding hydrogens is 288 g/mol. The van der Waals surface area contributed by atoms with E-state index in [0.717, 1.165) is 24.0 Å². The van der Waals surface area contributed by atoms with Crippen LogP contribution in [0.2, 0.25) is 0 Å². The number of nitrogens with two attached hydrogens (primary N) is 1. The first-order valence-electron chi connectivity index (χ1n) is 7.34. The fourth-order valence-corrected chi connectivity index (χ4v) is 4.34. The third-order valence-electron chi connectivity index (χ3n) is 3.81. The van der Waals surface area contributed by atoms with Crippen molar-refractivity contribution in [2.75, 3.05) is 13.2 Å². The maximum Gasteiger partial charge on any atom is 0.243 e. The van der Waals surface area contributed by atoms with Crippen molar-refractivity contribution in [2.45, 2.75) is 51.1 Å². The van der Waals surface area contributed by atoms with E-state index >= 15 is 0 Å². The standard InChI is InChI=1S/C15H26N2O3S/c1-4-14(5-2)17(8-9-18)21(19,20)15-7-6-13(11-16)12(3)10-15/h6-7,10,14,18H,4-5,8-9,11,16H2,1-3H3. The quantitative estimate of drug-likeness (QED) is 0.764. The molecule has 6 heteroatoms. The normalized spacial score (nSPS) is 12.3. The summed E-state index contributed by atoms with van der Waals surface area (Å²) in [5.41, 5.74) is 7.42. The molecule has 0 aliphatic rings. The summed E-state index contributed by atoms with van der Waals surface area (Å²) in [6, 6.07) is 4.91. The minimum Gasteiger partial charge on any atom is -0.395 e. The van der Waals surface area contributed by atoms with Crippen molar-refractivity contribution in [2.24, 2.45) is 5.73 Å². The second-order valence-electron chi connectivity index (χ2n) is 5.10. The largest absolute Gasteiger partial charge is 0.395 e. The van der Waals surface area contributed by atoms with Crippen molar-refractivity contribution in [3.63, 3.8) is 0 Å². The van der Waals surface area contributed by atoms with E-state index in [4.69, 9.17) is 5.73 Å². The molecule has 1 aromatic rings. The Labute approximate surface area is 127 Å². The van der Waals surface area contributed by atoms with Crippen molar-refractivity contribution in [1.29, 1.82) is 0 Å². The summed E-state index contributed by atoms with van der Waals surface area (Å²) in [7, 11) is -3.60. The molecule has 0 radical (unpaired) electrons. The van der Waals surface area contributed by atoms with E-state index in [2.05, 4.69) is 0 Å². The summed E-state index contributed by atoms with van der Waals surface area (Å²) < 4.78 is 27.0. The summed E-state index contributed by atoms with van der Waals surface area (Å²) in [4.78, 5) is 0.262. The summed E-state index contributed by atoms with van der Waals surface area (Å²) >= 11 is 0. The Morgan fingerprint density at radius 3 is 2.33 bits per heavy atom. The van der Waals surface area contributed by atoms with Crippen LogP contribution in [-0.2, 0) is 16.6 Å². The van der Waals surface area contributed by atoms with Crippen molar-refractivity contribution >= 4 is 10.0 Å². The number of hydrogen-bond donors (Lipinski definition) is 2. The van der Waals surface area contributed by atoms with Gasteiger partial charge < -0.3 is 10.8 Å². The average molecular weight is 314 g/mol. The van der Waals surface area contributed by atoms with Gasteiger partial charge in [0.05, 0.1) is 11.5 Å². The van der Waals surface area contributed by atoms with Gasteiger partial charge in [-0.25, -0.2) is 8.42 Å². The lowest BCUT2D eigenvalue weighted by Gasteiger charge is -2.29. The van der Waals surface area contributed by atoms with Crippen molar-refractivity contribution in [1.82, 2.24) is 4.31 Å². The molecule has 1 aromatic carbocycles. The minimum absolute atomic E-state index is 0.100. The van der Waals surface area contributed by atoms with Gasteiger partial charge in [-0.15, -0.1) is 0 Å². The molecule has 3 N–H and O–H groups in total. The smallest absolute Gasteiger partial charge is 0.243 e. The van der Waals surface area contributed by atoms with E-state index in [9.17, 15) is 13.5 Å². The Kier molecular flexibility index (Phi) is 6.80. The number of benzene rings is 1. The molecule has 0 aromatic heterocycles. The molecule has 0 bridgehead atoms. The highest BCUT2D eigenvalue weighted by Crippen LogP contribution is 2.23. The van der Waals surface area contributed by atoms with Crippen molar-refractivity contribution in [3.8, 4) is 0 Å². The number of aliphatic hydroxyl groups is 1. The van der Waals surface area contributed by atoms with Gasteiger partial charge >= 0.3 is 0 Å². The fraction of sp³-hybridized carbons (Fsp3) is 0.600. The van der Waals surface area contributed by atoms with E-state index in [1.54, 1.807) is 18.2 Å². The third kappa shape index (κ3) is 4.03. The first kappa shape index (κ1) is 18.1. The van der Waals surface area contributed by atoms with Crippen LogP contribution in [0.15, 0.2) is 23.1 Å².